The summed E-state index contributed by atoms with van der Waals surface area (Å²) in [5.41, 5.74) is 5.43. The fourth-order valence-electron chi connectivity index (χ4n) is 1.38. The summed E-state index contributed by atoms with van der Waals surface area (Å²) in [6.45, 7) is 1.71. The van der Waals surface area contributed by atoms with Gasteiger partial charge in [-0.25, -0.2) is 8.78 Å². The summed E-state index contributed by atoms with van der Waals surface area (Å²) < 4.78 is 24.4. The predicted octanol–water partition coefficient (Wildman–Crippen LogP) is 0.0571. The summed E-state index contributed by atoms with van der Waals surface area (Å²) in [5, 5.41) is 0. The molecule has 1 heterocycles. The van der Waals surface area contributed by atoms with Gasteiger partial charge in [0.15, 0.2) is 0 Å². The van der Waals surface area contributed by atoms with Gasteiger partial charge in [0, 0.05) is 26.1 Å². The highest BCUT2D eigenvalue weighted by Crippen LogP contribution is 2.21. The minimum Gasteiger partial charge on any atom is -0.341 e. The highest BCUT2D eigenvalue weighted by Gasteiger charge is 2.37. The molecule has 0 aromatic heterocycles. The second-order valence-corrected chi connectivity index (χ2v) is 3.09. The maximum absolute atomic E-state index is 12.2. The average Bonchev–Trinajstić information content (AvgIpc) is 2.30. The van der Waals surface area contributed by atoms with E-state index in [1.54, 1.807) is 0 Å². The minimum atomic E-state index is -2.43. The number of hydrogen-bond donors (Lipinski definition) is 1. The Morgan fingerprint density at radius 3 is 2.42 bits per heavy atom. The molecule has 0 aromatic carbocycles. The van der Waals surface area contributed by atoms with Gasteiger partial charge in [0.1, 0.15) is 0 Å². The van der Waals surface area contributed by atoms with Crippen LogP contribution in [0.15, 0.2) is 0 Å². The molecule has 1 aliphatic rings. The topological polar surface area (TPSA) is 46.3 Å². The molecule has 1 amide bonds. The molecule has 1 rings (SSSR count). The summed E-state index contributed by atoms with van der Waals surface area (Å²) in [6.07, 6.45) is -2.43. The van der Waals surface area contributed by atoms with Crippen molar-refractivity contribution >= 4 is 5.91 Å². The van der Waals surface area contributed by atoms with Crippen LogP contribution in [0.1, 0.15) is 6.92 Å². The van der Waals surface area contributed by atoms with Gasteiger partial charge in [-0.15, -0.1) is 0 Å². The predicted molar refractivity (Wildman–Crippen MR) is 39.7 cm³/mol. The van der Waals surface area contributed by atoms with Crippen molar-refractivity contribution in [3.05, 3.63) is 0 Å². The Balaban J connectivity index is 2.56. The molecular formula is C7H12F2N2O. The molecule has 0 aromatic rings. The largest absolute Gasteiger partial charge is 0.341 e. The van der Waals surface area contributed by atoms with Crippen LogP contribution in [0, 0.1) is 5.92 Å². The number of nitrogens with zero attached hydrogens (tertiary/aromatic N) is 1. The quantitative estimate of drug-likeness (QED) is 0.617. The standard InChI is InChI=1S/C7H12F2N2O/c1-4(12)11-2-5(7(8)9)6(10)3-11/h5-7H,2-3,10H2,1H3. The van der Waals surface area contributed by atoms with E-state index in [1.807, 2.05) is 0 Å². The van der Waals surface area contributed by atoms with Crippen molar-refractivity contribution in [1.82, 2.24) is 4.90 Å². The van der Waals surface area contributed by atoms with E-state index in [2.05, 4.69) is 0 Å². The molecule has 5 heteroatoms. The summed E-state index contributed by atoms with van der Waals surface area (Å²) in [4.78, 5) is 12.1. The Labute approximate surface area is 69.5 Å². The second kappa shape index (κ2) is 3.35. The third kappa shape index (κ3) is 1.72. The molecule has 1 fully saturated rings. The molecule has 12 heavy (non-hydrogen) atoms. The lowest BCUT2D eigenvalue weighted by molar-refractivity contribution is -0.128. The Hall–Kier alpha value is -0.710. The molecular weight excluding hydrogens is 166 g/mol. The van der Waals surface area contributed by atoms with E-state index in [0.29, 0.717) is 0 Å². The Morgan fingerprint density at radius 2 is 2.17 bits per heavy atom. The zero-order chi connectivity index (χ0) is 9.30. The van der Waals surface area contributed by atoms with E-state index >= 15 is 0 Å². The fraction of sp³-hybridized carbons (Fsp3) is 0.857. The highest BCUT2D eigenvalue weighted by atomic mass is 19.3. The van der Waals surface area contributed by atoms with E-state index in [9.17, 15) is 13.6 Å². The number of carbonyl (C=O) groups excluding carboxylic acids is 1. The number of carbonyl (C=O) groups is 1. The normalized spacial score (nSPS) is 29.9. The highest BCUT2D eigenvalue weighted by molar-refractivity contribution is 5.73. The summed E-state index contributed by atoms with van der Waals surface area (Å²) >= 11 is 0. The molecule has 0 saturated carbocycles. The number of hydrogen-bond acceptors (Lipinski definition) is 2. The van der Waals surface area contributed by atoms with Crippen molar-refractivity contribution < 1.29 is 13.6 Å². The number of rotatable bonds is 1. The minimum absolute atomic E-state index is 0.0914. The Kier molecular flexibility index (Phi) is 2.62. The van der Waals surface area contributed by atoms with Gasteiger partial charge in [0.25, 0.3) is 0 Å². The van der Waals surface area contributed by atoms with Crippen LogP contribution in [-0.4, -0.2) is 36.4 Å². The lowest BCUT2D eigenvalue weighted by Gasteiger charge is -2.12. The fourth-order valence-corrected chi connectivity index (χ4v) is 1.38. The maximum Gasteiger partial charge on any atom is 0.244 e. The molecule has 3 nitrogen and oxygen atoms in total. The second-order valence-electron chi connectivity index (χ2n) is 3.09. The van der Waals surface area contributed by atoms with E-state index in [1.165, 1.54) is 11.8 Å². The summed E-state index contributed by atoms with van der Waals surface area (Å²) in [5.74, 6) is -1.04. The summed E-state index contributed by atoms with van der Waals surface area (Å²) in [7, 11) is 0. The summed E-state index contributed by atoms with van der Waals surface area (Å²) in [6, 6.07) is -0.575. The van der Waals surface area contributed by atoms with Gasteiger partial charge in [-0.1, -0.05) is 0 Å². The van der Waals surface area contributed by atoms with E-state index < -0.39 is 18.4 Å². The van der Waals surface area contributed by atoms with Gasteiger partial charge in [0.2, 0.25) is 12.3 Å². The van der Waals surface area contributed by atoms with Crippen molar-refractivity contribution in [2.24, 2.45) is 11.7 Å². The van der Waals surface area contributed by atoms with Gasteiger partial charge in [-0.2, -0.15) is 0 Å². The van der Waals surface area contributed by atoms with Crippen LogP contribution in [0.25, 0.3) is 0 Å². The van der Waals surface area contributed by atoms with Crippen LogP contribution < -0.4 is 5.73 Å². The van der Waals surface area contributed by atoms with Gasteiger partial charge in [-0.3, -0.25) is 4.79 Å². The number of nitrogens with two attached hydrogens (primary N) is 1. The van der Waals surface area contributed by atoms with Crippen molar-refractivity contribution in [3.8, 4) is 0 Å². The monoisotopic (exact) mass is 178 g/mol. The van der Waals surface area contributed by atoms with Gasteiger partial charge in [-0.05, 0) is 0 Å². The van der Waals surface area contributed by atoms with Crippen LogP contribution in [0.4, 0.5) is 8.78 Å². The molecule has 0 spiro atoms. The molecule has 0 aliphatic carbocycles. The third-order valence-corrected chi connectivity index (χ3v) is 2.18. The first-order valence-electron chi connectivity index (χ1n) is 3.81. The number of halogens is 2. The van der Waals surface area contributed by atoms with E-state index in [4.69, 9.17) is 5.73 Å². The van der Waals surface area contributed by atoms with Crippen molar-refractivity contribution in [2.45, 2.75) is 19.4 Å². The molecule has 1 saturated heterocycles. The van der Waals surface area contributed by atoms with E-state index in [0.717, 1.165) is 0 Å². The molecule has 0 radical (unpaired) electrons. The molecule has 70 valence electrons. The third-order valence-electron chi connectivity index (χ3n) is 2.18. The van der Waals surface area contributed by atoms with Gasteiger partial charge < -0.3 is 10.6 Å². The first kappa shape index (κ1) is 9.38. The molecule has 2 N–H and O–H groups in total. The molecule has 0 bridgehead atoms. The number of likely N-dealkylation sites (tertiary alicyclic amines) is 1. The maximum atomic E-state index is 12.2. The van der Waals surface area contributed by atoms with E-state index in [-0.39, 0.29) is 19.0 Å². The molecule has 2 unspecified atom stereocenters. The van der Waals surface area contributed by atoms with Crippen LogP contribution >= 0.6 is 0 Å². The van der Waals surface area contributed by atoms with Crippen LogP contribution in [-0.2, 0) is 4.79 Å². The zero-order valence-electron chi connectivity index (χ0n) is 6.84. The molecule has 1 aliphatic heterocycles. The number of alkyl halides is 2. The van der Waals surface area contributed by atoms with Crippen molar-refractivity contribution in [3.63, 3.8) is 0 Å². The lowest BCUT2D eigenvalue weighted by Crippen LogP contribution is -2.33. The lowest BCUT2D eigenvalue weighted by atomic mass is 10.1. The van der Waals surface area contributed by atoms with Crippen molar-refractivity contribution in [1.29, 1.82) is 0 Å². The van der Waals surface area contributed by atoms with Crippen LogP contribution in [0.3, 0.4) is 0 Å². The van der Waals surface area contributed by atoms with Crippen LogP contribution in [0.5, 0.6) is 0 Å². The molecule has 2 atom stereocenters. The van der Waals surface area contributed by atoms with Gasteiger partial charge >= 0.3 is 0 Å². The first-order valence-corrected chi connectivity index (χ1v) is 3.81. The van der Waals surface area contributed by atoms with Crippen LogP contribution in [0.2, 0.25) is 0 Å². The Morgan fingerprint density at radius 1 is 1.58 bits per heavy atom. The van der Waals surface area contributed by atoms with Gasteiger partial charge in [0.05, 0.1) is 5.92 Å². The van der Waals surface area contributed by atoms with Crippen molar-refractivity contribution in [2.75, 3.05) is 13.1 Å². The Bertz CT molecular complexity index is 186. The smallest absolute Gasteiger partial charge is 0.244 e. The number of amides is 1. The first-order chi connectivity index (χ1) is 5.52. The average molecular weight is 178 g/mol. The SMILES string of the molecule is CC(=O)N1CC(N)C(C(F)F)C1. The zero-order valence-corrected chi connectivity index (χ0v) is 6.84.